The van der Waals surface area contributed by atoms with Gasteiger partial charge in [-0.1, -0.05) is 0 Å². The van der Waals surface area contributed by atoms with E-state index in [1.54, 1.807) is 0 Å². The van der Waals surface area contributed by atoms with Crippen molar-refractivity contribution in [2.45, 2.75) is 12.4 Å². The number of benzene rings is 1. The van der Waals surface area contributed by atoms with Crippen molar-refractivity contribution < 1.29 is 35.9 Å². The molecule has 2 aromatic rings. The van der Waals surface area contributed by atoms with E-state index in [1.807, 2.05) is 6.07 Å². The number of rotatable bonds is 4. The zero-order valence-corrected chi connectivity index (χ0v) is 13.4. The lowest BCUT2D eigenvalue weighted by molar-refractivity contribution is -0.143. The number of amides is 1. The zero-order valence-electron chi connectivity index (χ0n) is 12.5. The van der Waals surface area contributed by atoms with Crippen molar-refractivity contribution in [2.75, 3.05) is 11.9 Å². The minimum atomic E-state index is -5.01. The predicted molar refractivity (Wildman–Crippen MR) is 79.6 cm³/mol. The molecule has 0 radical (unpaired) electrons. The zero-order chi connectivity index (χ0) is 19.5. The summed E-state index contributed by atoms with van der Waals surface area (Å²) in [5, 5.41) is 12.8. The van der Waals surface area contributed by atoms with Crippen molar-refractivity contribution in [3.05, 3.63) is 46.3 Å². The van der Waals surface area contributed by atoms with Crippen LogP contribution >= 0.6 is 11.3 Å². The van der Waals surface area contributed by atoms with E-state index in [0.29, 0.717) is 12.1 Å². The van der Waals surface area contributed by atoms with Crippen LogP contribution in [0, 0.1) is 11.3 Å². The summed E-state index contributed by atoms with van der Waals surface area (Å²) >= 11 is 1.03. The van der Waals surface area contributed by atoms with Crippen LogP contribution in [-0.2, 0) is 17.1 Å². The molecule has 1 N–H and O–H groups in total. The lowest BCUT2D eigenvalue weighted by Crippen LogP contribution is -2.20. The summed E-state index contributed by atoms with van der Waals surface area (Å²) in [4.78, 5) is 11.7. The number of ether oxygens (including phenoxy) is 1. The van der Waals surface area contributed by atoms with Gasteiger partial charge in [-0.25, -0.2) is 0 Å². The number of hydrogen-bond donors (Lipinski definition) is 1. The molecule has 2 rings (SSSR count). The van der Waals surface area contributed by atoms with E-state index in [2.05, 4.69) is 5.32 Å². The molecule has 1 heterocycles. The number of nitrogens with zero attached hydrogens (tertiary/aromatic N) is 1. The number of carbonyl (C=O) groups is 1. The summed E-state index contributed by atoms with van der Waals surface area (Å²) in [7, 11) is 0. The third-order valence-corrected chi connectivity index (χ3v) is 3.80. The average molecular weight is 394 g/mol. The predicted octanol–water partition coefficient (Wildman–Crippen LogP) is 4.67. The van der Waals surface area contributed by atoms with Crippen molar-refractivity contribution in [3.63, 3.8) is 0 Å². The Hall–Kier alpha value is -2.74. The van der Waals surface area contributed by atoms with Gasteiger partial charge in [-0.05, 0) is 29.6 Å². The molecule has 138 valence electrons. The second kappa shape index (κ2) is 7.25. The van der Waals surface area contributed by atoms with Crippen LogP contribution in [0.4, 0.5) is 31.3 Å². The smallest absolute Gasteiger partial charge is 0.416 e. The van der Waals surface area contributed by atoms with Gasteiger partial charge in [-0.2, -0.15) is 31.6 Å². The van der Waals surface area contributed by atoms with Gasteiger partial charge in [-0.15, -0.1) is 11.3 Å². The Balaban J connectivity index is 2.16. The quantitative estimate of drug-likeness (QED) is 0.767. The number of thiophene rings is 1. The van der Waals surface area contributed by atoms with Crippen LogP contribution in [0.15, 0.2) is 29.6 Å². The van der Waals surface area contributed by atoms with Crippen molar-refractivity contribution in [1.82, 2.24) is 0 Å². The molecule has 0 spiro atoms. The summed E-state index contributed by atoms with van der Waals surface area (Å²) in [6.07, 6.45) is -10.0. The van der Waals surface area contributed by atoms with E-state index < -0.39 is 41.7 Å². The Labute approximate surface area is 146 Å². The second-order valence-corrected chi connectivity index (χ2v) is 5.77. The Morgan fingerprint density at radius 3 is 2.19 bits per heavy atom. The highest BCUT2D eigenvalue weighted by Crippen LogP contribution is 2.38. The molecule has 0 saturated heterocycles. The summed E-state index contributed by atoms with van der Waals surface area (Å²) < 4.78 is 81.2. The van der Waals surface area contributed by atoms with Gasteiger partial charge in [0.15, 0.2) is 6.61 Å². The third-order valence-electron chi connectivity index (χ3n) is 2.97. The van der Waals surface area contributed by atoms with Crippen LogP contribution in [0.2, 0.25) is 0 Å². The molecule has 0 atom stereocenters. The molecule has 4 nitrogen and oxygen atoms in total. The molecule has 0 aliphatic carbocycles. The molecule has 0 saturated carbocycles. The lowest BCUT2D eigenvalue weighted by atomic mass is 10.1. The molecule has 1 aromatic heterocycles. The summed E-state index contributed by atoms with van der Waals surface area (Å²) in [5.74, 6) is -1.59. The number of hydrogen-bond acceptors (Lipinski definition) is 4. The number of halogens is 6. The van der Waals surface area contributed by atoms with Gasteiger partial charge in [0.05, 0.1) is 16.7 Å². The van der Waals surface area contributed by atoms with Crippen molar-refractivity contribution in [1.29, 1.82) is 5.26 Å². The van der Waals surface area contributed by atoms with E-state index in [4.69, 9.17) is 10.00 Å². The van der Waals surface area contributed by atoms with Gasteiger partial charge >= 0.3 is 12.4 Å². The molecule has 0 unspecified atom stereocenters. The number of nitrogens with one attached hydrogen (secondary N) is 1. The van der Waals surface area contributed by atoms with Gasteiger partial charge in [0.2, 0.25) is 0 Å². The number of anilines is 1. The standard InChI is InChI=1S/C15H8F6N2O2S/c16-14(17,18)9-3-10(15(19,20)21)5-11(4-9)25-7-12(24)23-13-8(6-22)1-2-26-13/h1-5H,7H2,(H,23,24). The molecule has 0 aliphatic rings. The average Bonchev–Trinajstić information content (AvgIpc) is 2.98. The normalized spacial score (nSPS) is 11.7. The van der Waals surface area contributed by atoms with E-state index in [-0.39, 0.29) is 16.6 Å². The van der Waals surface area contributed by atoms with Crippen LogP contribution in [0.1, 0.15) is 16.7 Å². The summed E-state index contributed by atoms with van der Waals surface area (Å²) in [6.45, 7) is -0.832. The maximum atomic E-state index is 12.7. The van der Waals surface area contributed by atoms with E-state index >= 15 is 0 Å². The monoisotopic (exact) mass is 394 g/mol. The molecule has 1 amide bonds. The Morgan fingerprint density at radius 1 is 1.12 bits per heavy atom. The molecule has 26 heavy (non-hydrogen) atoms. The van der Waals surface area contributed by atoms with Crippen LogP contribution in [0.3, 0.4) is 0 Å². The first-order valence-corrected chi connectivity index (χ1v) is 7.58. The van der Waals surface area contributed by atoms with Gasteiger partial charge < -0.3 is 10.1 Å². The minimum absolute atomic E-state index is 0.0439. The second-order valence-electron chi connectivity index (χ2n) is 4.85. The molecule has 0 aliphatic heterocycles. The van der Waals surface area contributed by atoms with Gasteiger partial charge in [0.25, 0.3) is 5.91 Å². The van der Waals surface area contributed by atoms with Gasteiger partial charge in [-0.3, -0.25) is 4.79 Å². The fourth-order valence-electron chi connectivity index (χ4n) is 1.82. The first-order valence-electron chi connectivity index (χ1n) is 6.70. The van der Waals surface area contributed by atoms with Gasteiger partial charge in [0, 0.05) is 0 Å². The maximum absolute atomic E-state index is 12.7. The van der Waals surface area contributed by atoms with E-state index in [1.165, 1.54) is 11.4 Å². The molecule has 0 bridgehead atoms. The van der Waals surface area contributed by atoms with E-state index in [9.17, 15) is 31.1 Å². The van der Waals surface area contributed by atoms with Crippen LogP contribution in [0.5, 0.6) is 5.75 Å². The SMILES string of the molecule is N#Cc1ccsc1NC(=O)COc1cc(C(F)(F)F)cc(C(F)(F)F)c1. The van der Waals surface area contributed by atoms with E-state index in [0.717, 1.165) is 11.3 Å². The molecule has 11 heteroatoms. The van der Waals surface area contributed by atoms with Crippen LogP contribution in [0.25, 0.3) is 0 Å². The Morgan fingerprint density at radius 2 is 1.69 bits per heavy atom. The number of alkyl halides is 6. The Bertz CT molecular complexity index is 819. The van der Waals surface area contributed by atoms with Crippen LogP contribution < -0.4 is 10.1 Å². The minimum Gasteiger partial charge on any atom is -0.484 e. The third kappa shape index (κ3) is 4.89. The van der Waals surface area contributed by atoms with Gasteiger partial charge in [0.1, 0.15) is 16.8 Å². The first kappa shape index (κ1) is 19.6. The highest BCUT2D eigenvalue weighted by Gasteiger charge is 2.37. The molecular weight excluding hydrogens is 386 g/mol. The first-order chi connectivity index (χ1) is 12.0. The maximum Gasteiger partial charge on any atom is 0.416 e. The summed E-state index contributed by atoms with van der Waals surface area (Å²) in [6, 6.07) is 3.94. The van der Waals surface area contributed by atoms with Crippen molar-refractivity contribution in [3.8, 4) is 11.8 Å². The highest BCUT2D eigenvalue weighted by atomic mass is 32.1. The van der Waals surface area contributed by atoms with Crippen molar-refractivity contribution in [2.24, 2.45) is 0 Å². The van der Waals surface area contributed by atoms with Crippen molar-refractivity contribution >= 4 is 22.2 Å². The Kier molecular flexibility index (Phi) is 5.46. The lowest BCUT2D eigenvalue weighted by Gasteiger charge is -2.14. The van der Waals surface area contributed by atoms with Crippen LogP contribution in [-0.4, -0.2) is 12.5 Å². The summed E-state index contributed by atoms with van der Waals surface area (Å²) in [5.41, 5.74) is -2.93. The molecule has 1 aromatic carbocycles. The fraction of sp³-hybridized carbons (Fsp3) is 0.200. The molecule has 0 fully saturated rings. The highest BCUT2D eigenvalue weighted by molar-refractivity contribution is 7.14. The fourth-order valence-corrected chi connectivity index (χ4v) is 2.57. The number of nitriles is 1. The largest absolute Gasteiger partial charge is 0.484 e. The molecular formula is C15H8F6N2O2S. The number of carbonyl (C=O) groups excluding carboxylic acids is 1. The topological polar surface area (TPSA) is 62.1 Å².